The molecule has 0 fully saturated rings. The van der Waals surface area contributed by atoms with Crippen molar-refractivity contribution in [2.75, 3.05) is 13.3 Å². The van der Waals surface area contributed by atoms with E-state index in [4.69, 9.17) is 9.47 Å². The van der Waals surface area contributed by atoms with Crippen LogP contribution < -0.4 is 9.47 Å². The molecule has 1 aliphatic rings. The van der Waals surface area contributed by atoms with Gasteiger partial charge in [0, 0.05) is 36.7 Å². The zero-order chi connectivity index (χ0) is 18.8. The Balaban J connectivity index is 1.58. The van der Waals surface area contributed by atoms with E-state index in [9.17, 15) is 4.79 Å². The highest BCUT2D eigenvalue weighted by Crippen LogP contribution is 2.33. The molecule has 0 saturated heterocycles. The molecule has 138 valence electrons. The first kappa shape index (κ1) is 17.2. The fourth-order valence-electron chi connectivity index (χ4n) is 3.29. The molecule has 5 heteroatoms. The van der Waals surface area contributed by atoms with E-state index in [0.29, 0.717) is 18.7 Å². The van der Waals surface area contributed by atoms with Gasteiger partial charge in [-0.2, -0.15) is 0 Å². The highest BCUT2D eigenvalue weighted by atomic mass is 16.7. The van der Waals surface area contributed by atoms with E-state index in [1.807, 2.05) is 84.2 Å². The zero-order valence-corrected chi connectivity index (χ0v) is 15.5. The van der Waals surface area contributed by atoms with Crippen LogP contribution in [0.25, 0.3) is 5.69 Å². The Morgan fingerprint density at radius 2 is 1.85 bits per heavy atom. The van der Waals surface area contributed by atoms with E-state index in [-0.39, 0.29) is 12.7 Å². The lowest BCUT2D eigenvalue weighted by Crippen LogP contribution is -2.30. The summed E-state index contributed by atoms with van der Waals surface area (Å²) in [5.74, 6) is 1.51. The van der Waals surface area contributed by atoms with Crippen molar-refractivity contribution in [2.45, 2.75) is 20.4 Å². The number of carbonyl (C=O) groups is 1. The number of rotatable bonds is 5. The van der Waals surface area contributed by atoms with Gasteiger partial charge in [-0.15, -0.1) is 0 Å². The van der Waals surface area contributed by atoms with Gasteiger partial charge in [0.15, 0.2) is 11.5 Å². The molecule has 1 aromatic heterocycles. The Labute approximate surface area is 158 Å². The SMILES string of the molecule is CCN(Cc1ccc2c(c1)OCO2)C(=O)c1ccc(C)c(-n2cccc2)c1. The van der Waals surface area contributed by atoms with E-state index in [1.165, 1.54) is 0 Å². The number of hydrogen-bond donors (Lipinski definition) is 0. The average Bonchev–Trinajstić information content (AvgIpc) is 3.37. The third kappa shape index (κ3) is 3.40. The van der Waals surface area contributed by atoms with Crippen LogP contribution in [-0.2, 0) is 6.54 Å². The monoisotopic (exact) mass is 362 g/mol. The largest absolute Gasteiger partial charge is 0.454 e. The number of ether oxygens (including phenoxy) is 2. The summed E-state index contributed by atoms with van der Waals surface area (Å²) in [6.07, 6.45) is 3.97. The predicted octanol–water partition coefficient (Wildman–Crippen LogP) is 4.18. The van der Waals surface area contributed by atoms with Gasteiger partial charge >= 0.3 is 0 Å². The highest BCUT2D eigenvalue weighted by molar-refractivity contribution is 5.95. The summed E-state index contributed by atoms with van der Waals surface area (Å²) >= 11 is 0. The van der Waals surface area contributed by atoms with Crippen molar-refractivity contribution >= 4 is 5.91 Å². The van der Waals surface area contributed by atoms with Gasteiger partial charge in [0.2, 0.25) is 6.79 Å². The van der Waals surface area contributed by atoms with Crippen LogP contribution in [0.1, 0.15) is 28.4 Å². The van der Waals surface area contributed by atoms with Gasteiger partial charge in [0.25, 0.3) is 5.91 Å². The number of aryl methyl sites for hydroxylation is 1. The fourth-order valence-corrected chi connectivity index (χ4v) is 3.29. The van der Waals surface area contributed by atoms with E-state index < -0.39 is 0 Å². The number of fused-ring (bicyclic) bond motifs is 1. The zero-order valence-electron chi connectivity index (χ0n) is 15.5. The number of amides is 1. The maximum absolute atomic E-state index is 13.1. The van der Waals surface area contributed by atoms with Crippen molar-refractivity contribution in [2.24, 2.45) is 0 Å². The summed E-state index contributed by atoms with van der Waals surface area (Å²) in [4.78, 5) is 14.9. The molecule has 2 aromatic carbocycles. The normalized spacial score (nSPS) is 12.2. The summed E-state index contributed by atoms with van der Waals surface area (Å²) < 4.78 is 12.8. The number of nitrogens with zero attached hydrogens (tertiary/aromatic N) is 2. The average molecular weight is 362 g/mol. The minimum atomic E-state index is 0.0172. The summed E-state index contributed by atoms with van der Waals surface area (Å²) in [6, 6.07) is 15.6. The van der Waals surface area contributed by atoms with Crippen molar-refractivity contribution in [3.05, 3.63) is 77.6 Å². The molecule has 0 spiro atoms. The minimum Gasteiger partial charge on any atom is -0.454 e. The quantitative estimate of drug-likeness (QED) is 0.684. The molecule has 0 unspecified atom stereocenters. The van der Waals surface area contributed by atoms with Gasteiger partial charge in [0.1, 0.15) is 0 Å². The van der Waals surface area contributed by atoms with Crippen LogP contribution in [0.15, 0.2) is 60.9 Å². The summed E-state index contributed by atoms with van der Waals surface area (Å²) in [7, 11) is 0. The molecule has 1 aliphatic heterocycles. The molecule has 0 N–H and O–H groups in total. The fraction of sp³-hybridized carbons (Fsp3) is 0.227. The van der Waals surface area contributed by atoms with Crippen LogP contribution in [0.5, 0.6) is 11.5 Å². The molecule has 0 radical (unpaired) electrons. The first-order chi connectivity index (χ1) is 13.2. The number of benzene rings is 2. The molecule has 3 aromatic rings. The lowest BCUT2D eigenvalue weighted by atomic mass is 10.1. The van der Waals surface area contributed by atoms with Crippen molar-refractivity contribution < 1.29 is 14.3 Å². The molecule has 5 nitrogen and oxygen atoms in total. The maximum atomic E-state index is 13.1. The maximum Gasteiger partial charge on any atom is 0.254 e. The van der Waals surface area contributed by atoms with Crippen molar-refractivity contribution in [3.8, 4) is 17.2 Å². The second-order valence-electron chi connectivity index (χ2n) is 6.60. The summed E-state index contributed by atoms with van der Waals surface area (Å²) in [6.45, 7) is 5.44. The number of aromatic nitrogens is 1. The van der Waals surface area contributed by atoms with Crippen molar-refractivity contribution in [1.82, 2.24) is 9.47 Å². The van der Waals surface area contributed by atoms with Gasteiger partial charge in [0.05, 0.1) is 0 Å². The van der Waals surface area contributed by atoms with Crippen LogP contribution >= 0.6 is 0 Å². The van der Waals surface area contributed by atoms with Gasteiger partial charge in [-0.05, 0) is 61.4 Å². The Kier molecular flexibility index (Phi) is 4.59. The molecule has 0 bridgehead atoms. The molecular formula is C22H22N2O3. The Bertz CT molecular complexity index is 964. The minimum absolute atomic E-state index is 0.0172. The Hall–Kier alpha value is -3.21. The van der Waals surface area contributed by atoms with E-state index in [1.54, 1.807) is 0 Å². The molecule has 0 atom stereocenters. The van der Waals surface area contributed by atoms with Gasteiger partial charge in [-0.25, -0.2) is 0 Å². The van der Waals surface area contributed by atoms with Gasteiger partial charge in [-0.1, -0.05) is 12.1 Å². The second-order valence-corrected chi connectivity index (χ2v) is 6.60. The summed E-state index contributed by atoms with van der Waals surface area (Å²) in [5, 5.41) is 0. The molecular weight excluding hydrogens is 340 g/mol. The van der Waals surface area contributed by atoms with Gasteiger partial charge < -0.3 is 18.9 Å². The first-order valence-corrected chi connectivity index (χ1v) is 9.07. The Morgan fingerprint density at radius 1 is 1.07 bits per heavy atom. The third-order valence-electron chi connectivity index (χ3n) is 4.82. The molecule has 2 heterocycles. The van der Waals surface area contributed by atoms with Crippen LogP contribution in [0.2, 0.25) is 0 Å². The topological polar surface area (TPSA) is 43.7 Å². The first-order valence-electron chi connectivity index (χ1n) is 9.07. The lowest BCUT2D eigenvalue weighted by molar-refractivity contribution is 0.0752. The van der Waals surface area contributed by atoms with Crippen LogP contribution in [0, 0.1) is 6.92 Å². The molecule has 1 amide bonds. The van der Waals surface area contributed by atoms with E-state index >= 15 is 0 Å². The predicted molar refractivity (Wildman–Crippen MR) is 103 cm³/mol. The van der Waals surface area contributed by atoms with Crippen LogP contribution in [0.4, 0.5) is 0 Å². The van der Waals surface area contributed by atoms with Gasteiger partial charge in [-0.3, -0.25) is 4.79 Å². The highest BCUT2D eigenvalue weighted by Gasteiger charge is 2.18. The van der Waals surface area contributed by atoms with E-state index in [0.717, 1.165) is 28.3 Å². The van der Waals surface area contributed by atoms with Crippen molar-refractivity contribution in [1.29, 1.82) is 0 Å². The Morgan fingerprint density at radius 3 is 2.63 bits per heavy atom. The van der Waals surface area contributed by atoms with Crippen LogP contribution in [0.3, 0.4) is 0 Å². The third-order valence-corrected chi connectivity index (χ3v) is 4.82. The molecule has 0 saturated carbocycles. The standard InChI is InChI=1S/C22H22N2O3/c1-3-23(14-17-7-9-20-21(12-17)27-15-26-20)22(25)18-8-6-16(2)19(13-18)24-10-4-5-11-24/h4-13H,3,14-15H2,1-2H3. The van der Waals surface area contributed by atoms with E-state index in [2.05, 4.69) is 0 Å². The number of hydrogen-bond acceptors (Lipinski definition) is 3. The lowest BCUT2D eigenvalue weighted by Gasteiger charge is -2.22. The smallest absolute Gasteiger partial charge is 0.254 e. The molecule has 0 aliphatic carbocycles. The molecule has 27 heavy (non-hydrogen) atoms. The second kappa shape index (κ2) is 7.19. The molecule has 4 rings (SSSR count). The number of carbonyl (C=O) groups excluding carboxylic acids is 1. The van der Waals surface area contributed by atoms with Crippen LogP contribution in [-0.4, -0.2) is 28.7 Å². The van der Waals surface area contributed by atoms with Crippen molar-refractivity contribution in [3.63, 3.8) is 0 Å². The summed E-state index contributed by atoms with van der Waals surface area (Å²) in [5.41, 5.74) is 3.85.